The summed E-state index contributed by atoms with van der Waals surface area (Å²) in [7, 11) is 1.54. The molecule has 0 saturated carbocycles. The molecular weight excluding hydrogens is 396 g/mol. The number of hydrogen-bond donors (Lipinski definition) is 2. The highest BCUT2D eigenvalue weighted by Gasteiger charge is 2.10. The summed E-state index contributed by atoms with van der Waals surface area (Å²) in [5.74, 6) is 0.856. The Labute approximate surface area is 180 Å². The van der Waals surface area contributed by atoms with E-state index in [4.69, 9.17) is 9.47 Å². The molecule has 0 spiro atoms. The largest absolute Gasteiger partial charge is 0.497 e. The van der Waals surface area contributed by atoms with E-state index in [0.717, 1.165) is 11.3 Å². The van der Waals surface area contributed by atoms with Crippen molar-refractivity contribution in [1.29, 1.82) is 0 Å². The van der Waals surface area contributed by atoms with Crippen LogP contribution in [-0.2, 0) is 0 Å². The second-order valence-electron chi connectivity index (χ2n) is 6.66. The van der Waals surface area contributed by atoms with Crippen LogP contribution in [0.1, 0.15) is 41.6 Å². The van der Waals surface area contributed by atoms with E-state index in [1.807, 2.05) is 31.2 Å². The van der Waals surface area contributed by atoms with E-state index in [0.29, 0.717) is 29.2 Å². The molecule has 0 fully saturated rings. The third-order valence-electron chi connectivity index (χ3n) is 4.38. The first-order valence-electron chi connectivity index (χ1n) is 9.76. The first-order chi connectivity index (χ1) is 15.0. The van der Waals surface area contributed by atoms with Crippen molar-refractivity contribution in [3.8, 4) is 22.8 Å². The first kappa shape index (κ1) is 21.9. The number of amides is 1. The molecule has 8 heteroatoms. The number of methoxy groups -OCH3 is 1. The van der Waals surface area contributed by atoms with Gasteiger partial charge in [-0.25, -0.2) is 10.4 Å². The summed E-state index contributed by atoms with van der Waals surface area (Å²) in [6, 6.07) is 12.6. The first-order valence-corrected chi connectivity index (χ1v) is 9.76. The van der Waals surface area contributed by atoms with E-state index < -0.39 is 12.0 Å². The summed E-state index contributed by atoms with van der Waals surface area (Å²) in [5, 5.41) is 13.8. The lowest BCUT2D eigenvalue weighted by atomic mass is 10.1. The van der Waals surface area contributed by atoms with Gasteiger partial charge in [-0.05, 0) is 67.4 Å². The van der Waals surface area contributed by atoms with Crippen LogP contribution in [0.3, 0.4) is 0 Å². The van der Waals surface area contributed by atoms with Crippen LogP contribution in [0.25, 0.3) is 11.3 Å². The van der Waals surface area contributed by atoms with Crippen LogP contribution >= 0.6 is 0 Å². The zero-order valence-corrected chi connectivity index (χ0v) is 17.6. The average Bonchev–Trinajstić information content (AvgIpc) is 2.79. The van der Waals surface area contributed by atoms with Gasteiger partial charge in [-0.3, -0.25) is 9.78 Å². The van der Waals surface area contributed by atoms with Gasteiger partial charge in [-0.1, -0.05) is 0 Å². The number of hydrogen-bond acceptors (Lipinski definition) is 7. The predicted octanol–water partition coefficient (Wildman–Crippen LogP) is 3.37. The van der Waals surface area contributed by atoms with Gasteiger partial charge in [-0.2, -0.15) is 5.10 Å². The highest BCUT2D eigenvalue weighted by molar-refractivity contribution is 5.93. The maximum atomic E-state index is 12.4. The van der Waals surface area contributed by atoms with Crippen LogP contribution in [0.4, 0.5) is 0 Å². The molecule has 3 aromatic rings. The van der Waals surface area contributed by atoms with Gasteiger partial charge >= 0.3 is 0 Å². The highest BCUT2D eigenvalue weighted by Crippen LogP contribution is 2.22. The van der Waals surface area contributed by atoms with Crippen molar-refractivity contribution < 1.29 is 19.4 Å². The lowest BCUT2D eigenvalue weighted by Gasteiger charge is -2.09. The molecule has 2 aromatic carbocycles. The molecule has 0 radical (unpaired) electrons. The lowest BCUT2D eigenvalue weighted by Crippen LogP contribution is -2.19. The van der Waals surface area contributed by atoms with E-state index in [1.165, 1.54) is 12.4 Å². The number of nitrogens with zero attached hydrogens (tertiary/aromatic N) is 3. The third-order valence-corrected chi connectivity index (χ3v) is 4.38. The zero-order valence-electron chi connectivity index (χ0n) is 17.6. The summed E-state index contributed by atoms with van der Waals surface area (Å²) in [6.45, 7) is 4.17. The van der Waals surface area contributed by atoms with Crippen molar-refractivity contribution in [2.75, 3.05) is 13.7 Å². The lowest BCUT2D eigenvalue weighted by molar-refractivity contribution is 0.0950. The Hall–Kier alpha value is -3.78. The number of hydrazone groups is 1. The Kier molecular flexibility index (Phi) is 7.29. The Morgan fingerprint density at radius 3 is 2.65 bits per heavy atom. The van der Waals surface area contributed by atoms with Gasteiger partial charge < -0.3 is 14.6 Å². The Morgan fingerprint density at radius 1 is 1.19 bits per heavy atom. The van der Waals surface area contributed by atoms with Crippen molar-refractivity contribution in [2.24, 2.45) is 5.10 Å². The van der Waals surface area contributed by atoms with Gasteiger partial charge in [0.2, 0.25) is 0 Å². The molecule has 2 N–H and O–H groups in total. The van der Waals surface area contributed by atoms with Crippen LogP contribution in [0.5, 0.6) is 11.5 Å². The maximum Gasteiger partial charge on any atom is 0.291 e. The van der Waals surface area contributed by atoms with Crippen molar-refractivity contribution in [3.63, 3.8) is 0 Å². The van der Waals surface area contributed by atoms with E-state index in [9.17, 15) is 9.90 Å². The molecule has 0 bridgehead atoms. The van der Waals surface area contributed by atoms with Crippen molar-refractivity contribution >= 4 is 12.1 Å². The highest BCUT2D eigenvalue weighted by atomic mass is 16.5. The number of ether oxygens (including phenoxy) is 2. The van der Waals surface area contributed by atoms with Gasteiger partial charge in [0, 0.05) is 5.56 Å². The van der Waals surface area contributed by atoms with Gasteiger partial charge in [-0.15, -0.1) is 0 Å². The number of carbonyl (C=O) groups is 1. The van der Waals surface area contributed by atoms with Crippen LogP contribution < -0.4 is 14.9 Å². The van der Waals surface area contributed by atoms with Gasteiger partial charge in [0.15, 0.2) is 0 Å². The molecule has 0 aliphatic rings. The van der Waals surface area contributed by atoms with Crippen molar-refractivity contribution in [2.45, 2.75) is 20.0 Å². The van der Waals surface area contributed by atoms with E-state index in [2.05, 4.69) is 20.5 Å². The molecular formula is C23H24N4O4. The molecule has 0 aliphatic carbocycles. The molecule has 160 valence electrons. The zero-order chi connectivity index (χ0) is 22.2. The maximum absolute atomic E-state index is 12.4. The number of carbonyl (C=O) groups excluding carboxylic acids is 1. The Morgan fingerprint density at radius 2 is 1.97 bits per heavy atom. The standard InChI is InChI=1S/C23H24N4O4/c1-4-31-19-7-5-17(6-8-19)21-13-24-14-22(26-21)23(29)27-25-12-16-9-18(15(2)28)11-20(10-16)30-3/h5-15,28H,4H2,1-3H3,(H,27,29). The molecule has 31 heavy (non-hydrogen) atoms. The SMILES string of the molecule is CCOc1ccc(-c2cncc(C(=O)NN=Cc3cc(OC)cc(C(C)O)c3)n2)cc1. The molecule has 3 rings (SSSR count). The molecule has 1 amide bonds. The van der Waals surface area contributed by atoms with Crippen LogP contribution in [0.15, 0.2) is 60.0 Å². The molecule has 1 unspecified atom stereocenters. The van der Waals surface area contributed by atoms with Crippen LogP contribution in [-0.4, -0.2) is 40.9 Å². The summed E-state index contributed by atoms with van der Waals surface area (Å²) >= 11 is 0. The molecule has 1 atom stereocenters. The topological polar surface area (TPSA) is 106 Å². The number of nitrogens with one attached hydrogen (secondary N) is 1. The predicted molar refractivity (Wildman–Crippen MR) is 117 cm³/mol. The van der Waals surface area contributed by atoms with Gasteiger partial charge in [0.05, 0.1) is 44.1 Å². The molecule has 0 aliphatic heterocycles. The fourth-order valence-electron chi connectivity index (χ4n) is 2.81. The Bertz CT molecular complexity index is 1070. The molecule has 1 aromatic heterocycles. The fraction of sp³-hybridized carbons (Fsp3) is 0.217. The fourth-order valence-corrected chi connectivity index (χ4v) is 2.81. The summed E-state index contributed by atoms with van der Waals surface area (Å²) in [4.78, 5) is 20.9. The minimum Gasteiger partial charge on any atom is -0.497 e. The minimum absolute atomic E-state index is 0.138. The number of aliphatic hydroxyl groups is 1. The smallest absolute Gasteiger partial charge is 0.291 e. The van der Waals surface area contributed by atoms with E-state index >= 15 is 0 Å². The van der Waals surface area contributed by atoms with E-state index in [1.54, 1.807) is 38.4 Å². The van der Waals surface area contributed by atoms with Crippen molar-refractivity contribution in [1.82, 2.24) is 15.4 Å². The Balaban J connectivity index is 1.71. The molecule has 8 nitrogen and oxygen atoms in total. The minimum atomic E-state index is -0.655. The quantitative estimate of drug-likeness (QED) is 0.428. The van der Waals surface area contributed by atoms with Crippen LogP contribution in [0.2, 0.25) is 0 Å². The van der Waals surface area contributed by atoms with Gasteiger partial charge in [0.1, 0.15) is 17.2 Å². The monoisotopic (exact) mass is 420 g/mol. The third kappa shape index (κ3) is 5.86. The van der Waals surface area contributed by atoms with Gasteiger partial charge in [0.25, 0.3) is 5.91 Å². The number of rotatable bonds is 8. The summed E-state index contributed by atoms with van der Waals surface area (Å²) in [5.41, 5.74) is 5.31. The number of aromatic nitrogens is 2. The van der Waals surface area contributed by atoms with Crippen molar-refractivity contribution in [3.05, 3.63) is 71.7 Å². The number of benzene rings is 2. The summed E-state index contributed by atoms with van der Waals surface area (Å²) < 4.78 is 10.7. The molecule has 0 saturated heterocycles. The van der Waals surface area contributed by atoms with Crippen LogP contribution in [0, 0.1) is 0 Å². The second kappa shape index (κ2) is 10.3. The normalized spacial score (nSPS) is 11.9. The summed E-state index contributed by atoms with van der Waals surface area (Å²) in [6.07, 6.45) is 3.78. The number of aliphatic hydroxyl groups excluding tert-OH is 1. The second-order valence-corrected chi connectivity index (χ2v) is 6.66. The molecule has 1 heterocycles. The van der Waals surface area contributed by atoms with E-state index in [-0.39, 0.29) is 5.69 Å². The average molecular weight is 420 g/mol.